The maximum absolute atomic E-state index is 11.6. The van der Waals surface area contributed by atoms with Crippen LogP contribution in [0.3, 0.4) is 0 Å². The maximum Gasteiger partial charge on any atom is 0.335 e. The average molecular weight is 208 g/mol. The zero-order valence-electron chi connectivity index (χ0n) is 8.40. The highest BCUT2D eigenvalue weighted by Gasteiger charge is 2.42. The van der Waals surface area contributed by atoms with Crippen LogP contribution in [0.4, 0.5) is 0 Å². The van der Waals surface area contributed by atoms with Crippen molar-refractivity contribution in [2.24, 2.45) is 11.8 Å². The third-order valence-electron chi connectivity index (χ3n) is 2.84. The minimum absolute atomic E-state index is 0.0554. The van der Waals surface area contributed by atoms with Crippen LogP contribution in [-0.4, -0.2) is 23.7 Å². The zero-order valence-corrected chi connectivity index (χ0v) is 8.40. The van der Waals surface area contributed by atoms with E-state index in [1.54, 1.807) is 6.92 Å². The molecule has 2 aliphatic carbocycles. The smallest absolute Gasteiger partial charge is 0.335 e. The van der Waals surface area contributed by atoms with Crippen LogP contribution in [0, 0.1) is 11.8 Å². The van der Waals surface area contributed by atoms with Crippen LogP contribution >= 0.6 is 0 Å². The first-order valence-corrected chi connectivity index (χ1v) is 4.98. The minimum atomic E-state index is -1.00. The van der Waals surface area contributed by atoms with Gasteiger partial charge in [0.2, 0.25) is 0 Å². The number of hydrogen-bond donors (Lipinski definition) is 1. The molecule has 2 bridgehead atoms. The molecule has 0 heterocycles. The highest BCUT2D eigenvalue weighted by Crippen LogP contribution is 2.44. The van der Waals surface area contributed by atoms with Crippen molar-refractivity contribution >= 4 is 11.9 Å². The molecule has 4 nitrogen and oxygen atoms in total. The second-order valence-corrected chi connectivity index (χ2v) is 3.69. The molecule has 0 saturated heterocycles. The lowest BCUT2D eigenvalue weighted by atomic mass is 9.97. The first kappa shape index (κ1) is 9.96. The van der Waals surface area contributed by atoms with E-state index in [-0.39, 0.29) is 24.0 Å². The highest BCUT2D eigenvalue weighted by atomic mass is 16.5. The molecular weight excluding hydrogens is 196 g/mol. The van der Waals surface area contributed by atoms with Crippen molar-refractivity contribution in [1.82, 2.24) is 0 Å². The minimum Gasteiger partial charge on any atom is -0.478 e. The van der Waals surface area contributed by atoms with Gasteiger partial charge >= 0.3 is 11.9 Å². The Morgan fingerprint density at radius 1 is 1.40 bits per heavy atom. The fourth-order valence-corrected chi connectivity index (χ4v) is 2.27. The van der Waals surface area contributed by atoms with Crippen LogP contribution in [0.5, 0.6) is 0 Å². The summed E-state index contributed by atoms with van der Waals surface area (Å²) in [7, 11) is 0. The molecule has 0 aromatic rings. The Morgan fingerprint density at radius 3 is 2.53 bits per heavy atom. The molecule has 2 atom stereocenters. The number of aliphatic carboxylic acids is 1. The van der Waals surface area contributed by atoms with E-state index in [2.05, 4.69) is 0 Å². The van der Waals surface area contributed by atoms with Gasteiger partial charge in [0.05, 0.1) is 17.8 Å². The van der Waals surface area contributed by atoms with Crippen molar-refractivity contribution < 1.29 is 19.4 Å². The fraction of sp³-hybridized carbons (Fsp3) is 0.455. The molecule has 2 rings (SSSR count). The Bertz CT molecular complexity index is 378. The van der Waals surface area contributed by atoms with E-state index >= 15 is 0 Å². The molecule has 2 aliphatic rings. The Labute approximate surface area is 87.2 Å². The summed E-state index contributed by atoms with van der Waals surface area (Å²) in [4.78, 5) is 22.6. The van der Waals surface area contributed by atoms with Crippen LogP contribution < -0.4 is 0 Å². The molecule has 0 aliphatic heterocycles. The molecule has 4 heteroatoms. The molecule has 1 N–H and O–H groups in total. The Kier molecular flexibility index (Phi) is 2.34. The van der Waals surface area contributed by atoms with Crippen molar-refractivity contribution in [2.75, 3.05) is 6.61 Å². The van der Waals surface area contributed by atoms with Gasteiger partial charge in [-0.3, -0.25) is 0 Å². The Balaban J connectivity index is 2.34. The van der Waals surface area contributed by atoms with Gasteiger partial charge in [-0.2, -0.15) is 0 Å². The number of ether oxygens (including phenoxy) is 1. The number of carbonyl (C=O) groups excluding carboxylic acids is 1. The summed E-state index contributed by atoms with van der Waals surface area (Å²) in [5.74, 6) is -1.64. The molecule has 2 unspecified atom stereocenters. The molecule has 80 valence electrons. The largest absolute Gasteiger partial charge is 0.478 e. The molecule has 0 aromatic carbocycles. The van der Waals surface area contributed by atoms with Gasteiger partial charge in [-0.15, -0.1) is 0 Å². The van der Waals surface area contributed by atoms with E-state index in [9.17, 15) is 9.59 Å². The summed E-state index contributed by atoms with van der Waals surface area (Å²) in [5, 5.41) is 9.02. The van der Waals surface area contributed by atoms with Crippen LogP contribution in [0.1, 0.15) is 13.3 Å². The van der Waals surface area contributed by atoms with Gasteiger partial charge in [0.1, 0.15) is 0 Å². The Morgan fingerprint density at radius 2 is 2.00 bits per heavy atom. The summed E-state index contributed by atoms with van der Waals surface area (Å²) in [6.45, 7) is 1.98. The first-order chi connectivity index (χ1) is 7.15. The second-order valence-electron chi connectivity index (χ2n) is 3.69. The van der Waals surface area contributed by atoms with Crippen LogP contribution in [0.2, 0.25) is 0 Å². The average Bonchev–Trinajstić information content (AvgIpc) is 2.76. The van der Waals surface area contributed by atoms with Crippen LogP contribution in [-0.2, 0) is 14.3 Å². The Hall–Kier alpha value is -1.58. The molecule has 0 amide bonds. The number of carboxylic acid groups (broad SMARTS) is 1. The van der Waals surface area contributed by atoms with E-state index in [0.717, 1.165) is 0 Å². The summed E-state index contributed by atoms with van der Waals surface area (Å²) >= 11 is 0. The highest BCUT2D eigenvalue weighted by molar-refractivity contribution is 6.02. The lowest BCUT2D eigenvalue weighted by Crippen LogP contribution is -2.17. The standard InChI is InChI=1S/C11H12O4/c1-2-15-11(14)9-7-4-3-6(5-7)8(9)10(12)13/h3-4,6-7H,2,5H2,1H3,(H,12,13). The van der Waals surface area contributed by atoms with E-state index in [1.165, 1.54) is 0 Å². The number of rotatable bonds is 3. The summed E-state index contributed by atoms with van der Waals surface area (Å²) < 4.78 is 4.86. The molecule has 0 radical (unpaired) electrons. The normalized spacial score (nSPS) is 27.3. The van der Waals surface area contributed by atoms with Gasteiger partial charge in [0.25, 0.3) is 0 Å². The van der Waals surface area contributed by atoms with Crippen molar-refractivity contribution in [3.8, 4) is 0 Å². The van der Waals surface area contributed by atoms with E-state index in [1.807, 2.05) is 12.2 Å². The van der Waals surface area contributed by atoms with Gasteiger partial charge in [0, 0.05) is 11.8 Å². The number of carboxylic acids is 1. The zero-order chi connectivity index (χ0) is 11.0. The molecular formula is C11H12O4. The molecule has 0 spiro atoms. The molecule has 0 fully saturated rings. The third kappa shape index (κ3) is 1.46. The van der Waals surface area contributed by atoms with E-state index < -0.39 is 11.9 Å². The topological polar surface area (TPSA) is 63.6 Å². The van der Waals surface area contributed by atoms with E-state index in [4.69, 9.17) is 9.84 Å². The molecule has 15 heavy (non-hydrogen) atoms. The number of fused-ring (bicyclic) bond motifs is 2. The number of carbonyl (C=O) groups is 2. The third-order valence-corrected chi connectivity index (χ3v) is 2.84. The predicted molar refractivity (Wildman–Crippen MR) is 52.0 cm³/mol. The first-order valence-electron chi connectivity index (χ1n) is 4.98. The van der Waals surface area contributed by atoms with Crippen molar-refractivity contribution in [3.63, 3.8) is 0 Å². The van der Waals surface area contributed by atoms with Gasteiger partial charge in [-0.25, -0.2) is 9.59 Å². The molecule has 0 aromatic heterocycles. The van der Waals surface area contributed by atoms with Crippen molar-refractivity contribution in [3.05, 3.63) is 23.3 Å². The predicted octanol–water partition coefficient (Wildman–Crippen LogP) is 1.14. The SMILES string of the molecule is CCOC(=O)C1=C(C(=O)O)C2C=CC1C2. The number of esters is 1. The summed E-state index contributed by atoms with van der Waals surface area (Å²) in [5.41, 5.74) is 0.567. The van der Waals surface area contributed by atoms with Crippen molar-refractivity contribution in [2.45, 2.75) is 13.3 Å². The number of hydrogen-bond acceptors (Lipinski definition) is 3. The summed E-state index contributed by atoms with van der Waals surface area (Å²) in [6.07, 6.45) is 4.45. The molecule has 0 saturated carbocycles. The monoisotopic (exact) mass is 208 g/mol. The van der Waals surface area contributed by atoms with Gasteiger partial charge in [-0.05, 0) is 13.3 Å². The van der Waals surface area contributed by atoms with Gasteiger partial charge in [0.15, 0.2) is 0 Å². The van der Waals surface area contributed by atoms with Crippen molar-refractivity contribution in [1.29, 1.82) is 0 Å². The lowest BCUT2D eigenvalue weighted by molar-refractivity contribution is -0.140. The van der Waals surface area contributed by atoms with Gasteiger partial charge < -0.3 is 9.84 Å². The number of allylic oxidation sites excluding steroid dienone is 2. The summed E-state index contributed by atoms with van der Waals surface area (Å²) in [6, 6.07) is 0. The second kappa shape index (κ2) is 3.53. The van der Waals surface area contributed by atoms with Crippen LogP contribution in [0.15, 0.2) is 23.3 Å². The fourth-order valence-electron chi connectivity index (χ4n) is 2.27. The lowest BCUT2D eigenvalue weighted by Gasteiger charge is -2.11. The van der Waals surface area contributed by atoms with Gasteiger partial charge in [-0.1, -0.05) is 12.2 Å². The van der Waals surface area contributed by atoms with Crippen LogP contribution in [0.25, 0.3) is 0 Å². The quantitative estimate of drug-likeness (QED) is 0.558. The maximum atomic E-state index is 11.6. The van der Waals surface area contributed by atoms with E-state index in [0.29, 0.717) is 12.0 Å².